The zero-order valence-corrected chi connectivity index (χ0v) is 14.2. The van der Waals surface area contributed by atoms with E-state index in [0.717, 1.165) is 16.9 Å². The van der Waals surface area contributed by atoms with Crippen LogP contribution in [0.4, 0.5) is 5.69 Å². The lowest BCUT2D eigenvalue weighted by Crippen LogP contribution is -2.23. The monoisotopic (exact) mass is 326 g/mol. The molecule has 0 radical (unpaired) electrons. The number of nitrogens with one attached hydrogen (secondary N) is 2. The molecule has 126 valence electrons. The lowest BCUT2D eigenvalue weighted by molar-refractivity contribution is -0.114. The van der Waals surface area contributed by atoms with Crippen molar-refractivity contribution >= 4 is 17.5 Å². The van der Waals surface area contributed by atoms with E-state index in [-0.39, 0.29) is 11.8 Å². The molecule has 24 heavy (non-hydrogen) atoms. The second kappa shape index (κ2) is 8.15. The summed E-state index contributed by atoms with van der Waals surface area (Å²) in [4.78, 5) is 23.6. The first-order valence-electron chi connectivity index (χ1n) is 7.88. The average Bonchev–Trinajstić information content (AvgIpc) is 2.55. The van der Waals surface area contributed by atoms with Crippen LogP contribution in [-0.4, -0.2) is 18.4 Å². The van der Waals surface area contributed by atoms with Gasteiger partial charge in [0, 0.05) is 30.3 Å². The number of amides is 2. The highest BCUT2D eigenvalue weighted by Crippen LogP contribution is 2.19. The van der Waals surface area contributed by atoms with Crippen molar-refractivity contribution in [3.8, 4) is 5.75 Å². The third kappa shape index (κ3) is 4.59. The van der Waals surface area contributed by atoms with E-state index in [2.05, 4.69) is 10.6 Å². The van der Waals surface area contributed by atoms with Crippen molar-refractivity contribution in [2.24, 2.45) is 0 Å². The third-order valence-electron chi connectivity index (χ3n) is 3.52. The summed E-state index contributed by atoms with van der Waals surface area (Å²) in [6.45, 7) is 6.19. The molecule has 0 bridgehead atoms. The minimum Gasteiger partial charge on any atom is -0.494 e. The minimum absolute atomic E-state index is 0.165. The molecule has 2 N–H and O–H groups in total. The lowest BCUT2D eigenvalue weighted by atomic mass is 10.1. The van der Waals surface area contributed by atoms with E-state index in [4.69, 9.17) is 4.74 Å². The molecule has 0 aliphatic rings. The SMILES string of the molecule is CCOc1ccccc1CNC(=O)c1ccc(C)c(NC(C)=O)c1. The van der Waals surface area contributed by atoms with Crippen molar-refractivity contribution in [2.45, 2.75) is 27.3 Å². The average molecular weight is 326 g/mol. The Balaban J connectivity index is 2.09. The predicted octanol–water partition coefficient (Wildman–Crippen LogP) is 3.28. The number of para-hydroxylation sites is 1. The topological polar surface area (TPSA) is 67.4 Å². The fourth-order valence-corrected chi connectivity index (χ4v) is 2.31. The van der Waals surface area contributed by atoms with Gasteiger partial charge in [-0.2, -0.15) is 0 Å². The smallest absolute Gasteiger partial charge is 0.251 e. The summed E-state index contributed by atoms with van der Waals surface area (Å²) in [5.41, 5.74) is 2.97. The molecule has 2 amide bonds. The summed E-state index contributed by atoms with van der Waals surface area (Å²) >= 11 is 0. The molecule has 2 aromatic rings. The molecule has 0 saturated heterocycles. The van der Waals surface area contributed by atoms with Crippen LogP contribution in [-0.2, 0) is 11.3 Å². The van der Waals surface area contributed by atoms with Gasteiger partial charge in [0.2, 0.25) is 5.91 Å². The van der Waals surface area contributed by atoms with Crippen LogP contribution < -0.4 is 15.4 Å². The van der Waals surface area contributed by atoms with Gasteiger partial charge in [-0.15, -0.1) is 0 Å². The molecule has 0 aliphatic heterocycles. The second-order valence-corrected chi connectivity index (χ2v) is 5.43. The van der Waals surface area contributed by atoms with E-state index < -0.39 is 0 Å². The van der Waals surface area contributed by atoms with Crippen LogP contribution in [0.15, 0.2) is 42.5 Å². The van der Waals surface area contributed by atoms with Gasteiger partial charge in [-0.05, 0) is 37.6 Å². The number of ether oxygens (including phenoxy) is 1. The number of aryl methyl sites for hydroxylation is 1. The Kier molecular flexibility index (Phi) is 5.95. The van der Waals surface area contributed by atoms with Crippen LogP contribution in [0.5, 0.6) is 5.75 Å². The lowest BCUT2D eigenvalue weighted by Gasteiger charge is -2.12. The van der Waals surface area contributed by atoms with Gasteiger partial charge in [0.25, 0.3) is 5.91 Å². The van der Waals surface area contributed by atoms with Crippen molar-refractivity contribution < 1.29 is 14.3 Å². The normalized spacial score (nSPS) is 10.1. The Bertz CT molecular complexity index is 741. The number of carbonyl (C=O) groups is 2. The molecule has 0 saturated carbocycles. The molecular weight excluding hydrogens is 304 g/mol. The Morgan fingerprint density at radius 2 is 1.88 bits per heavy atom. The highest BCUT2D eigenvalue weighted by atomic mass is 16.5. The van der Waals surface area contributed by atoms with Crippen molar-refractivity contribution in [1.29, 1.82) is 0 Å². The highest BCUT2D eigenvalue weighted by molar-refractivity contribution is 5.97. The molecule has 2 rings (SSSR count). The molecular formula is C19H22N2O3. The zero-order valence-electron chi connectivity index (χ0n) is 14.2. The van der Waals surface area contributed by atoms with Crippen LogP contribution in [0.3, 0.4) is 0 Å². The van der Waals surface area contributed by atoms with Crippen molar-refractivity contribution in [3.63, 3.8) is 0 Å². The molecule has 5 heteroatoms. The molecule has 0 heterocycles. The Labute approximate surface area is 142 Å². The number of rotatable bonds is 6. The summed E-state index contributed by atoms with van der Waals surface area (Å²) in [7, 11) is 0. The Morgan fingerprint density at radius 3 is 2.58 bits per heavy atom. The standard InChI is InChI=1S/C19H22N2O3/c1-4-24-18-8-6-5-7-16(18)12-20-19(23)15-10-9-13(2)17(11-15)21-14(3)22/h5-11H,4,12H2,1-3H3,(H,20,23)(H,21,22). The van der Waals surface area contributed by atoms with Gasteiger partial charge in [-0.3, -0.25) is 9.59 Å². The van der Waals surface area contributed by atoms with E-state index in [1.807, 2.05) is 44.2 Å². The van der Waals surface area contributed by atoms with Crippen LogP contribution >= 0.6 is 0 Å². The third-order valence-corrected chi connectivity index (χ3v) is 3.52. The molecule has 0 aromatic heterocycles. The number of carbonyl (C=O) groups excluding carboxylic acids is 2. The maximum absolute atomic E-state index is 12.4. The predicted molar refractivity (Wildman–Crippen MR) is 94.3 cm³/mol. The summed E-state index contributed by atoms with van der Waals surface area (Å²) in [6, 6.07) is 12.8. The number of anilines is 1. The number of hydrogen-bond acceptors (Lipinski definition) is 3. The van der Waals surface area contributed by atoms with E-state index in [9.17, 15) is 9.59 Å². The molecule has 2 aromatic carbocycles. The van der Waals surface area contributed by atoms with Gasteiger partial charge in [-0.1, -0.05) is 24.3 Å². The fraction of sp³-hybridized carbons (Fsp3) is 0.263. The van der Waals surface area contributed by atoms with E-state index in [0.29, 0.717) is 24.4 Å². The van der Waals surface area contributed by atoms with Gasteiger partial charge in [-0.25, -0.2) is 0 Å². The van der Waals surface area contributed by atoms with Gasteiger partial charge in [0.1, 0.15) is 5.75 Å². The molecule has 0 aliphatic carbocycles. The van der Waals surface area contributed by atoms with Crippen molar-refractivity contribution in [2.75, 3.05) is 11.9 Å². The van der Waals surface area contributed by atoms with E-state index in [1.165, 1.54) is 6.92 Å². The van der Waals surface area contributed by atoms with Crippen molar-refractivity contribution in [1.82, 2.24) is 5.32 Å². The van der Waals surface area contributed by atoms with E-state index >= 15 is 0 Å². The highest BCUT2D eigenvalue weighted by Gasteiger charge is 2.10. The fourth-order valence-electron chi connectivity index (χ4n) is 2.31. The Hall–Kier alpha value is -2.82. The second-order valence-electron chi connectivity index (χ2n) is 5.43. The molecule has 0 fully saturated rings. The van der Waals surface area contributed by atoms with Gasteiger partial charge >= 0.3 is 0 Å². The first-order chi connectivity index (χ1) is 11.5. The van der Waals surface area contributed by atoms with E-state index in [1.54, 1.807) is 12.1 Å². The maximum Gasteiger partial charge on any atom is 0.251 e. The Morgan fingerprint density at radius 1 is 1.12 bits per heavy atom. The maximum atomic E-state index is 12.4. The van der Waals surface area contributed by atoms with Crippen LogP contribution in [0, 0.1) is 6.92 Å². The molecule has 0 atom stereocenters. The summed E-state index contributed by atoms with van der Waals surface area (Å²) < 4.78 is 5.55. The van der Waals surface area contributed by atoms with Gasteiger partial charge in [0.15, 0.2) is 0 Å². The zero-order chi connectivity index (χ0) is 17.5. The summed E-state index contributed by atoms with van der Waals surface area (Å²) in [6.07, 6.45) is 0. The summed E-state index contributed by atoms with van der Waals surface area (Å²) in [5.74, 6) is 0.400. The van der Waals surface area contributed by atoms with Crippen molar-refractivity contribution in [3.05, 3.63) is 59.2 Å². The van der Waals surface area contributed by atoms with Gasteiger partial charge in [0.05, 0.1) is 6.61 Å². The summed E-state index contributed by atoms with van der Waals surface area (Å²) in [5, 5.41) is 5.61. The minimum atomic E-state index is -0.201. The van der Waals surface area contributed by atoms with Crippen LogP contribution in [0.2, 0.25) is 0 Å². The molecule has 0 unspecified atom stereocenters. The molecule has 0 spiro atoms. The first-order valence-corrected chi connectivity index (χ1v) is 7.88. The molecule has 5 nitrogen and oxygen atoms in total. The van der Waals surface area contributed by atoms with Gasteiger partial charge < -0.3 is 15.4 Å². The number of benzene rings is 2. The van der Waals surface area contributed by atoms with Crippen LogP contribution in [0.25, 0.3) is 0 Å². The quantitative estimate of drug-likeness (QED) is 0.856. The largest absolute Gasteiger partial charge is 0.494 e. The van der Waals surface area contributed by atoms with Crippen LogP contribution in [0.1, 0.15) is 35.3 Å². The first kappa shape index (κ1) is 17.5. The number of hydrogen-bond donors (Lipinski definition) is 2.